The van der Waals surface area contributed by atoms with Crippen molar-refractivity contribution in [3.8, 4) is 5.75 Å². The number of benzene rings is 1. The van der Waals surface area contributed by atoms with Crippen LogP contribution in [-0.2, 0) is 9.84 Å². The third kappa shape index (κ3) is 4.75. The van der Waals surface area contributed by atoms with E-state index in [1.807, 2.05) is 25.1 Å². The molecule has 17 heavy (non-hydrogen) atoms. The minimum Gasteiger partial charge on any atom is -0.493 e. The van der Waals surface area contributed by atoms with E-state index in [1.165, 1.54) is 6.26 Å². The minimum absolute atomic E-state index is 0.0699. The van der Waals surface area contributed by atoms with Crippen LogP contribution in [0.15, 0.2) is 24.3 Å². The molecule has 0 fully saturated rings. The maximum Gasteiger partial charge on any atom is 0.149 e. The molecule has 1 aromatic carbocycles. The maximum absolute atomic E-state index is 11.2. The van der Waals surface area contributed by atoms with Gasteiger partial charge in [0.05, 0.1) is 12.4 Å². The molecule has 0 aliphatic rings. The number of nitrogens with two attached hydrogens (primary N) is 1. The number of hydrogen-bond donors (Lipinski definition) is 1. The van der Waals surface area contributed by atoms with Gasteiger partial charge in [-0.05, 0) is 12.5 Å². The topological polar surface area (TPSA) is 69.4 Å². The molecule has 0 heterocycles. The van der Waals surface area contributed by atoms with Gasteiger partial charge >= 0.3 is 0 Å². The van der Waals surface area contributed by atoms with Gasteiger partial charge in [0.2, 0.25) is 0 Å². The highest BCUT2D eigenvalue weighted by Crippen LogP contribution is 2.24. The molecule has 0 aliphatic carbocycles. The molecule has 0 radical (unpaired) electrons. The van der Waals surface area contributed by atoms with Crippen molar-refractivity contribution in [2.75, 3.05) is 18.6 Å². The summed E-state index contributed by atoms with van der Waals surface area (Å²) in [5, 5.41) is 0. The summed E-state index contributed by atoms with van der Waals surface area (Å²) in [6.07, 6.45) is 2.08. The Morgan fingerprint density at radius 3 is 2.59 bits per heavy atom. The SMILES string of the molecule is CCCOc1ccccc1C(N)CS(C)(=O)=O. The van der Waals surface area contributed by atoms with Crippen LogP contribution in [0.4, 0.5) is 0 Å². The van der Waals surface area contributed by atoms with Crippen molar-refractivity contribution in [1.82, 2.24) is 0 Å². The highest BCUT2D eigenvalue weighted by molar-refractivity contribution is 7.90. The number of hydrogen-bond acceptors (Lipinski definition) is 4. The molecule has 0 spiro atoms. The Hall–Kier alpha value is -1.07. The van der Waals surface area contributed by atoms with Crippen LogP contribution in [0, 0.1) is 0 Å². The second kappa shape index (κ2) is 6.02. The molecule has 0 saturated carbocycles. The minimum atomic E-state index is -3.09. The molecule has 1 unspecified atom stereocenters. The third-order valence-corrected chi connectivity index (χ3v) is 3.23. The number of rotatable bonds is 6. The fourth-order valence-electron chi connectivity index (χ4n) is 1.55. The lowest BCUT2D eigenvalue weighted by Gasteiger charge is -2.15. The predicted molar refractivity (Wildman–Crippen MR) is 68.9 cm³/mol. The largest absolute Gasteiger partial charge is 0.493 e. The molecule has 5 heteroatoms. The predicted octanol–water partition coefficient (Wildman–Crippen LogP) is 1.52. The van der Waals surface area contributed by atoms with Crippen LogP contribution >= 0.6 is 0 Å². The second-order valence-corrected chi connectivity index (χ2v) is 6.27. The zero-order valence-corrected chi connectivity index (χ0v) is 11.0. The molecule has 96 valence electrons. The first-order chi connectivity index (χ1) is 7.94. The quantitative estimate of drug-likeness (QED) is 0.839. The summed E-state index contributed by atoms with van der Waals surface area (Å²) >= 11 is 0. The van der Waals surface area contributed by atoms with E-state index in [2.05, 4.69) is 0 Å². The Morgan fingerprint density at radius 2 is 2.00 bits per heavy atom. The summed E-state index contributed by atoms with van der Waals surface area (Å²) in [7, 11) is -3.09. The summed E-state index contributed by atoms with van der Waals surface area (Å²) < 4.78 is 28.0. The molecule has 0 aliphatic heterocycles. The third-order valence-electron chi connectivity index (χ3n) is 2.26. The molecule has 1 atom stereocenters. The van der Waals surface area contributed by atoms with Crippen LogP contribution in [-0.4, -0.2) is 27.0 Å². The van der Waals surface area contributed by atoms with Gasteiger partial charge in [-0.3, -0.25) is 0 Å². The van der Waals surface area contributed by atoms with E-state index >= 15 is 0 Å². The first-order valence-corrected chi connectivity index (χ1v) is 7.65. The van der Waals surface area contributed by atoms with Crippen LogP contribution in [0.25, 0.3) is 0 Å². The van der Waals surface area contributed by atoms with Crippen molar-refractivity contribution in [1.29, 1.82) is 0 Å². The Bertz CT molecular complexity index is 457. The molecule has 4 nitrogen and oxygen atoms in total. The van der Waals surface area contributed by atoms with Gasteiger partial charge in [-0.2, -0.15) is 0 Å². The van der Waals surface area contributed by atoms with Gasteiger partial charge in [0.1, 0.15) is 15.6 Å². The van der Waals surface area contributed by atoms with Gasteiger partial charge in [0.15, 0.2) is 0 Å². The van der Waals surface area contributed by atoms with Gasteiger partial charge in [0, 0.05) is 17.9 Å². The highest BCUT2D eigenvalue weighted by Gasteiger charge is 2.16. The molecule has 0 bridgehead atoms. The van der Waals surface area contributed by atoms with Crippen molar-refractivity contribution in [2.24, 2.45) is 5.73 Å². The van der Waals surface area contributed by atoms with Crippen LogP contribution in [0.2, 0.25) is 0 Å². The normalized spacial score (nSPS) is 13.4. The summed E-state index contributed by atoms with van der Waals surface area (Å²) in [5.41, 5.74) is 6.64. The zero-order chi connectivity index (χ0) is 12.9. The smallest absolute Gasteiger partial charge is 0.149 e. The first kappa shape index (κ1) is 14.0. The molecule has 1 rings (SSSR count). The van der Waals surface area contributed by atoms with E-state index < -0.39 is 15.9 Å². The second-order valence-electron chi connectivity index (χ2n) is 4.09. The van der Waals surface area contributed by atoms with Crippen LogP contribution < -0.4 is 10.5 Å². The number of sulfone groups is 1. The van der Waals surface area contributed by atoms with E-state index in [1.54, 1.807) is 6.07 Å². The van der Waals surface area contributed by atoms with Crippen molar-refractivity contribution in [3.05, 3.63) is 29.8 Å². The fourth-order valence-corrected chi connectivity index (χ4v) is 2.38. The van der Waals surface area contributed by atoms with E-state index in [9.17, 15) is 8.42 Å². The van der Waals surface area contributed by atoms with Gasteiger partial charge in [0.25, 0.3) is 0 Å². The van der Waals surface area contributed by atoms with Gasteiger partial charge in [-0.25, -0.2) is 8.42 Å². The summed E-state index contributed by atoms with van der Waals surface area (Å²) in [6.45, 7) is 2.61. The monoisotopic (exact) mass is 257 g/mol. The summed E-state index contributed by atoms with van der Waals surface area (Å²) in [5.74, 6) is 0.602. The maximum atomic E-state index is 11.2. The van der Waals surface area contributed by atoms with E-state index in [4.69, 9.17) is 10.5 Å². The van der Waals surface area contributed by atoms with E-state index in [-0.39, 0.29) is 5.75 Å². The molecular formula is C12H19NO3S. The lowest BCUT2D eigenvalue weighted by molar-refractivity contribution is 0.313. The first-order valence-electron chi connectivity index (χ1n) is 5.59. The van der Waals surface area contributed by atoms with Crippen molar-refractivity contribution in [2.45, 2.75) is 19.4 Å². The Labute approximate surface area is 103 Å². The number of para-hydroxylation sites is 1. The van der Waals surface area contributed by atoms with Gasteiger partial charge in [-0.1, -0.05) is 25.1 Å². The Morgan fingerprint density at radius 1 is 1.35 bits per heavy atom. The Kier molecular flexibility index (Phi) is 4.96. The van der Waals surface area contributed by atoms with Crippen molar-refractivity contribution in [3.63, 3.8) is 0 Å². The molecular weight excluding hydrogens is 238 g/mol. The summed E-state index contributed by atoms with van der Waals surface area (Å²) in [4.78, 5) is 0. The zero-order valence-electron chi connectivity index (χ0n) is 10.2. The average molecular weight is 257 g/mol. The molecule has 0 amide bonds. The lowest BCUT2D eigenvalue weighted by Crippen LogP contribution is -2.21. The van der Waals surface area contributed by atoms with Crippen LogP contribution in [0.3, 0.4) is 0 Å². The standard InChI is InChI=1S/C12H19NO3S/c1-3-8-16-12-7-5-4-6-10(12)11(13)9-17(2,14)15/h4-7,11H,3,8-9,13H2,1-2H3. The summed E-state index contributed by atoms with van der Waals surface area (Å²) in [6, 6.07) is 6.75. The Balaban J connectivity index is 2.88. The molecule has 0 aromatic heterocycles. The van der Waals surface area contributed by atoms with Crippen LogP contribution in [0.5, 0.6) is 5.75 Å². The van der Waals surface area contributed by atoms with E-state index in [0.29, 0.717) is 12.4 Å². The average Bonchev–Trinajstić information content (AvgIpc) is 2.24. The number of ether oxygens (including phenoxy) is 1. The highest BCUT2D eigenvalue weighted by atomic mass is 32.2. The van der Waals surface area contributed by atoms with Gasteiger partial charge in [-0.15, -0.1) is 0 Å². The fraction of sp³-hybridized carbons (Fsp3) is 0.500. The van der Waals surface area contributed by atoms with Crippen molar-refractivity contribution < 1.29 is 13.2 Å². The lowest BCUT2D eigenvalue weighted by atomic mass is 10.1. The van der Waals surface area contributed by atoms with Crippen molar-refractivity contribution >= 4 is 9.84 Å². The van der Waals surface area contributed by atoms with E-state index in [0.717, 1.165) is 12.0 Å². The molecule has 0 saturated heterocycles. The van der Waals surface area contributed by atoms with Gasteiger partial charge < -0.3 is 10.5 Å². The molecule has 2 N–H and O–H groups in total. The van der Waals surface area contributed by atoms with Crippen LogP contribution in [0.1, 0.15) is 24.9 Å². The molecule has 1 aromatic rings.